The molecule has 0 aliphatic heterocycles. The molecule has 7 nitrogen and oxygen atoms in total. The molecule has 0 saturated carbocycles. The van der Waals surface area contributed by atoms with Gasteiger partial charge in [0.15, 0.2) is 18.3 Å². The van der Waals surface area contributed by atoms with E-state index in [1.807, 2.05) is 49.5 Å². The predicted molar refractivity (Wildman–Crippen MR) is 119 cm³/mol. The molecule has 2 rings (SSSR count). The maximum Gasteiger partial charge on any atom is 0.189 e. The van der Waals surface area contributed by atoms with Gasteiger partial charge in [-0.1, -0.05) is 25.7 Å². The van der Waals surface area contributed by atoms with Crippen LogP contribution in [-0.2, 0) is 4.74 Å². The predicted octanol–water partition coefficient (Wildman–Crippen LogP) is 4.27. The number of hydrogen-bond donors (Lipinski definition) is 0. The van der Waals surface area contributed by atoms with E-state index >= 15 is 0 Å². The van der Waals surface area contributed by atoms with Crippen LogP contribution < -0.4 is 4.74 Å². The minimum absolute atomic E-state index is 0.215. The van der Waals surface area contributed by atoms with E-state index in [-0.39, 0.29) is 12.5 Å². The van der Waals surface area contributed by atoms with Crippen molar-refractivity contribution in [2.75, 3.05) is 27.5 Å². The van der Waals surface area contributed by atoms with Gasteiger partial charge < -0.3 is 14.4 Å². The van der Waals surface area contributed by atoms with Gasteiger partial charge in [0.05, 0.1) is 12.0 Å². The third-order valence-electron chi connectivity index (χ3n) is 4.38. The number of ether oxygens (including phenoxy) is 2. The standard InChI is InChI=1S/C21H31N5O2Si/c1-16-8-9-19(28-15-27-10-11-29(5,6)7)17(2)20(16)26-14-23-18(12-22)21(26)24-13-25(3)4/h8-9,13-14H,10-11,15H2,1-7H3/b24-13+. The van der Waals surface area contributed by atoms with Crippen molar-refractivity contribution >= 4 is 20.2 Å². The van der Waals surface area contributed by atoms with Gasteiger partial charge in [-0.3, -0.25) is 4.57 Å². The molecule has 0 unspecified atom stereocenters. The fraction of sp³-hybridized carbons (Fsp3) is 0.476. The first-order valence-corrected chi connectivity index (χ1v) is 13.3. The van der Waals surface area contributed by atoms with Crippen LogP contribution in [0.3, 0.4) is 0 Å². The lowest BCUT2D eigenvalue weighted by molar-refractivity contribution is 0.0216. The van der Waals surface area contributed by atoms with E-state index in [0.717, 1.165) is 28.6 Å². The summed E-state index contributed by atoms with van der Waals surface area (Å²) in [6.45, 7) is 11.9. The molecule has 0 aliphatic carbocycles. The Morgan fingerprint density at radius 1 is 1.28 bits per heavy atom. The zero-order chi connectivity index (χ0) is 21.6. The minimum atomic E-state index is -1.12. The van der Waals surface area contributed by atoms with Crippen LogP contribution in [0, 0.1) is 25.2 Å². The minimum Gasteiger partial charge on any atom is -0.467 e. The van der Waals surface area contributed by atoms with Crippen molar-refractivity contribution in [1.82, 2.24) is 14.5 Å². The van der Waals surface area contributed by atoms with Gasteiger partial charge in [-0.25, -0.2) is 9.98 Å². The molecule has 0 saturated heterocycles. The summed E-state index contributed by atoms with van der Waals surface area (Å²) < 4.78 is 13.4. The molecule has 0 radical (unpaired) electrons. The Bertz CT molecular complexity index is 907. The molecule has 0 spiro atoms. The van der Waals surface area contributed by atoms with Crippen LogP contribution in [0.2, 0.25) is 25.7 Å². The summed E-state index contributed by atoms with van der Waals surface area (Å²) in [6.07, 6.45) is 3.29. The molecule has 1 heterocycles. The summed E-state index contributed by atoms with van der Waals surface area (Å²) >= 11 is 0. The SMILES string of the molecule is Cc1ccc(OCOCC[Si](C)(C)C)c(C)c1-n1cnc(C#N)c1/N=C/N(C)C. The second-order valence-corrected chi connectivity index (χ2v) is 14.1. The molecule has 0 fully saturated rings. The quantitative estimate of drug-likeness (QED) is 0.202. The van der Waals surface area contributed by atoms with E-state index in [2.05, 4.69) is 35.7 Å². The Balaban J connectivity index is 2.28. The van der Waals surface area contributed by atoms with Gasteiger partial charge in [-0.15, -0.1) is 0 Å². The maximum atomic E-state index is 9.41. The average molecular weight is 414 g/mol. The summed E-state index contributed by atoms with van der Waals surface area (Å²) in [7, 11) is 2.64. The molecule has 1 aromatic heterocycles. The Labute approximate surface area is 174 Å². The number of nitriles is 1. The summed E-state index contributed by atoms with van der Waals surface area (Å²) in [5.74, 6) is 1.24. The molecule has 156 valence electrons. The van der Waals surface area contributed by atoms with Gasteiger partial charge in [0.1, 0.15) is 18.1 Å². The number of aryl methyl sites for hydroxylation is 1. The number of nitrogens with zero attached hydrogens (tertiary/aromatic N) is 5. The fourth-order valence-electron chi connectivity index (χ4n) is 2.76. The molecule has 1 aromatic carbocycles. The van der Waals surface area contributed by atoms with Gasteiger partial charge in [0.25, 0.3) is 0 Å². The Kier molecular flexibility index (Phi) is 7.59. The van der Waals surface area contributed by atoms with Crippen molar-refractivity contribution in [3.8, 4) is 17.5 Å². The zero-order valence-electron chi connectivity index (χ0n) is 18.5. The Hall–Kier alpha value is -2.63. The van der Waals surface area contributed by atoms with Gasteiger partial charge in [-0.05, 0) is 31.5 Å². The van der Waals surface area contributed by atoms with Gasteiger partial charge in [0.2, 0.25) is 0 Å². The number of rotatable bonds is 9. The van der Waals surface area contributed by atoms with Crippen molar-refractivity contribution in [3.05, 3.63) is 35.3 Å². The van der Waals surface area contributed by atoms with E-state index in [9.17, 15) is 5.26 Å². The monoisotopic (exact) mass is 413 g/mol. The van der Waals surface area contributed by atoms with Gasteiger partial charge in [-0.2, -0.15) is 5.26 Å². The van der Waals surface area contributed by atoms with Crippen molar-refractivity contribution < 1.29 is 9.47 Å². The Morgan fingerprint density at radius 3 is 2.62 bits per heavy atom. The molecule has 0 bridgehead atoms. The highest BCUT2D eigenvalue weighted by molar-refractivity contribution is 6.76. The Morgan fingerprint density at radius 2 is 2.00 bits per heavy atom. The molecular formula is C21H31N5O2Si. The van der Waals surface area contributed by atoms with E-state index in [0.29, 0.717) is 12.4 Å². The first-order valence-electron chi connectivity index (χ1n) is 9.63. The lowest BCUT2D eigenvalue weighted by Crippen LogP contribution is -2.22. The molecule has 2 aromatic rings. The van der Waals surface area contributed by atoms with E-state index in [4.69, 9.17) is 9.47 Å². The van der Waals surface area contributed by atoms with Crippen LogP contribution in [0.4, 0.5) is 5.82 Å². The van der Waals surface area contributed by atoms with Crippen LogP contribution in [0.15, 0.2) is 23.5 Å². The number of aromatic nitrogens is 2. The first-order chi connectivity index (χ1) is 13.6. The number of imidazole rings is 1. The number of hydrogen-bond acceptors (Lipinski definition) is 5. The largest absolute Gasteiger partial charge is 0.467 e. The van der Waals surface area contributed by atoms with E-state index < -0.39 is 8.07 Å². The highest BCUT2D eigenvalue weighted by Gasteiger charge is 2.17. The topological polar surface area (TPSA) is 75.7 Å². The van der Waals surface area contributed by atoms with Crippen LogP contribution in [0.1, 0.15) is 16.8 Å². The number of aliphatic imine (C=N–C) groups is 1. The third kappa shape index (κ3) is 6.17. The average Bonchev–Trinajstić information content (AvgIpc) is 3.03. The lowest BCUT2D eigenvalue weighted by atomic mass is 10.1. The van der Waals surface area contributed by atoms with Crippen LogP contribution in [0.5, 0.6) is 5.75 Å². The van der Waals surface area contributed by atoms with E-state index in [1.165, 1.54) is 0 Å². The molecule has 0 atom stereocenters. The second-order valence-electron chi connectivity index (χ2n) is 8.44. The molecule has 0 aliphatic rings. The van der Waals surface area contributed by atoms with Crippen LogP contribution in [-0.4, -0.2) is 56.4 Å². The summed E-state index contributed by atoms with van der Waals surface area (Å²) in [6, 6.07) is 7.15. The highest BCUT2D eigenvalue weighted by atomic mass is 28.3. The lowest BCUT2D eigenvalue weighted by Gasteiger charge is -2.18. The maximum absolute atomic E-state index is 9.41. The number of benzene rings is 1. The summed E-state index contributed by atoms with van der Waals surface area (Å²) in [5.41, 5.74) is 3.17. The van der Waals surface area contributed by atoms with Crippen molar-refractivity contribution in [2.24, 2.45) is 4.99 Å². The summed E-state index contributed by atoms with van der Waals surface area (Å²) in [5, 5.41) is 9.41. The van der Waals surface area contributed by atoms with Crippen molar-refractivity contribution in [2.45, 2.75) is 39.5 Å². The van der Waals surface area contributed by atoms with Crippen LogP contribution >= 0.6 is 0 Å². The van der Waals surface area contributed by atoms with Crippen molar-refractivity contribution in [3.63, 3.8) is 0 Å². The van der Waals surface area contributed by atoms with E-state index in [1.54, 1.807) is 12.7 Å². The van der Waals surface area contributed by atoms with Gasteiger partial charge >= 0.3 is 0 Å². The third-order valence-corrected chi connectivity index (χ3v) is 6.08. The molecule has 0 N–H and O–H groups in total. The van der Waals surface area contributed by atoms with Crippen molar-refractivity contribution in [1.29, 1.82) is 5.26 Å². The summed E-state index contributed by atoms with van der Waals surface area (Å²) in [4.78, 5) is 10.5. The second kappa shape index (κ2) is 9.72. The fourth-order valence-corrected chi connectivity index (χ4v) is 3.52. The zero-order valence-corrected chi connectivity index (χ0v) is 19.5. The first kappa shape index (κ1) is 22.7. The van der Waals surface area contributed by atoms with Crippen LogP contribution in [0.25, 0.3) is 5.69 Å². The molecule has 29 heavy (non-hydrogen) atoms. The molecular weight excluding hydrogens is 382 g/mol. The molecule has 0 amide bonds. The highest BCUT2D eigenvalue weighted by Crippen LogP contribution is 2.32. The van der Waals surface area contributed by atoms with Gasteiger partial charge in [0, 0.05) is 34.3 Å². The smallest absolute Gasteiger partial charge is 0.189 e. The normalized spacial score (nSPS) is 11.7. The molecule has 8 heteroatoms.